The number of hydrogen-bond acceptors (Lipinski definition) is 5. The van der Waals surface area contributed by atoms with E-state index in [9.17, 15) is 4.57 Å². The van der Waals surface area contributed by atoms with Gasteiger partial charge < -0.3 is 13.6 Å². The van der Waals surface area contributed by atoms with Crippen LogP contribution in [0.1, 0.15) is 53.4 Å². The van der Waals surface area contributed by atoms with Gasteiger partial charge >= 0.3 is 0 Å². The van der Waals surface area contributed by atoms with E-state index in [1.165, 1.54) is 0 Å². The van der Waals surface area contributed by atoms with Gasteiger partial charge in [0, 0.05) is 18.2 Å². The minimum Gasteiger partial charge on any atom is -0.324 e. The fraction of sp³-hybridized carbons (Fsp3) is 0.938. The quantitative estimate of drug-likeness (QED) is 0.337. The average Bonchev–Trinajstić information content (AvgIpc) is 2.40. The van der Waals surface area contributed by atoms with Crippen molar-refractivity contribution in [3.05, 3.63) is 0 Å². The summed E-state index contributed by atoms with van der Waals surface area (Å²) in [5, 5.41) is 8.67. The molecule has 7 heteroatoms. The molecule has 136 valence electrons. The topological polar surface area (TPSA) is 62.6 Å². The predicted molar refractivity (Wildman–Crippen MR) is 99.3 cm³/mol. The van der Waals surface area contributed by atoms with Crippen LogP contribution in [0.5, 0.6) is 0 Å². The van der Waals surface area contributed by atoms with Crippen molar-refractivity contribution in [1.29, 1.82) is 5.26 Å². The minimum absolute atomic E-state index is 0.328. The van der Waals surface area contributed by atoms with Crippen LogP contribution in [-0.4, -0.2) is 49.5 Å². The smallest absolute Gasteiger partial charge is 0.259 e. The summed E-state index contributed by atoms with van der Waals surface area (Å²) in [5.74, 6) is 0. The van der Waals surface area contributed by atoms with Gasteiger partial charge in [0.05, 0.1) is 32.8 Å². The summed E-state index contributed by atoms with van der Waals surface area (Å²) >= 11 is 0. The van der Waals surface area contributed by atoms with Gasteiger partial charge in [-0.25, -0.2) is 4.67 Å². The van der Waals surface area contributed by atoms with Crippen LogP contribution in [-0.2, 0) is 13.6 Å². The van der Waals surface area contributed by atoms with Gasteiger partial charge in [-0.1, -0.05) is 6.42 Å². The van der Waals surface area contributed by atoms with E-state index in [1.54, 1.807) is 0 Å². The average molecular weight is 364 g/mol. The summed E-state index contributed by atoms with van der Waals surface area (Å²) in [6.45, 7) is 13.3. The molecule has 0 saturated heterocycles. The third-order valence-electron chi connectivity index (χ3n) is 3.20. The molecule has 0 saturated carbocycles. The van der Waals surface area contributed by atoms with E-state index in [4.69, 9.17) is 14.3 Å². The second-order valence-electron chi connectivity index (χ2n) is 6.74. The van der Waals surface area contributed by atoms with Crippen molar-refractivity contribution in [3.8, 4) is 6.07 Å². The summed E-state index contributed by atoms with van der Waals surface area (Å²) in [6, 6.07) is 2.76. The molecule has 0 N–H and O–H groups in total. The Kier molecular flexibility index (Phi) is 12.4. The molecule has 0 spiro atoms. The molecule has 0 aliphatic carbocycles. The Morgan fingerprint density at radius 2 is 1.61 bits per heavy atom. The zero-order valence-corrected chi connectivity index (χ0v) is 17.4. The largest absolute Gasteiger partial charge is 0.324 e. The Morgan fingerprint density at radius 3 is 2.09 bits per heavy atom. The molecule has 0 aromatic rings. The van der Waals surface area contributed by atoms with Crippen molar-refractivity contribution in [2.45, 2.75) is 65.5 Å². The SMILES string of the molecule is CC(C)N(C(C)C)P(OCCC#N)OCCCCCP(C)(C)=O. The molecule has 0 fully saturated rings. The number of rotatable bonds is 13. The first kappa shape index (κ1) is 23.0. The first-order valence-corrected chi connectivity index (χ1v) is 12.4. The van der Waals surface area contributed by atoms with Crippen LogP contribution in [0.4, 0.5) is 0 Å². The van der Waals surface area contributed by atoms with Crippen LogP contribution in [0.25, 0.3) is 0 Å². The van der Waals surface area contributed by atoms with E-state index in [0.717, 1.165) is 25.4 Å². The van der Waals surface area contributed by atoms with Gasteiger partial charge in [0.25, 0.3) is 8.53 Å². The predicted octanol–water partition coefficient (Wildman–Crippen LogP) is 5.07. The summed E-state index contributed by atoms with van der Waals surface area (Å²) in [5.41, 5.74) is 0. The lowest BCUT2D eigenvalue weighted by Crippen LogP contribution is -2.33. The van der Waals surface area contributed by atoms with E-state index in [2.05, 4.69) is 38.4 Å². The molecule has 0 radical (unpaired) electrons. The zero-order valence-electron chi connectivity index (χ0n) is 15.6. The summed E-state index contributed by atoms with van der Waals surface area (Å²) in [7, 11) is -3.02. The van der Waals surface area contributed by atoms with Crippen LogP contribution < -0.4 is 0 Å². The molecule has 0 aromatic carbocycles. The highest BCUT2D eigenvalue weighted by Gasteiger charge is 2.26. The summed E-state index contributed by atoms with van der Waals surface area (Å²) in [4.78, 5) is 0. The monoisotopic (exact) mass is 364 g/mol. The van der Waals surface area contributed by atoms with Crippen LogP contribution in [0.15, 0.2) is 0 Å². The molecule has 1 unspecified atom stereocenters. The molecule has 23 heavy (non-hydrogen) atoms. The third kappa shape index (κ3) is 12.1. The molecule has 5 nitrogen and oxygen atoms in total. The molecular formula is C16H34N2O3P2. The second kappa shape index (κ2) is 12.4. The Morgan fingerprint density at radius 1 is 1.04 bits per heavy atom. The summed E-state index contributed by atoms with van der Waals surface area (Å²) < 4.78 is 25.7. The maximum Gasteiger partial charge on any atom is 0.259 e. The van der Waals surface area contributed by atoms with Gasteiger partial charge in [0.2, 0.25) is 0 Å². The standard InChI is InChI=1S/C16H34N2O3P2/c1-15(2)18(16(3)4)22(21-13-10-11-17)20-12-8-7-9-14-23(5,6)19/h15-16H,7-10,12-14H2,1-6H3. The molecule has 0 amide bonds. The molecule has 0 rings (SSSR count). The van der Waals surface area contributed by atoms with E-state index >= 15 is 0 Å². The maximum absolute atomic E-state index is 11.7. The van der Waals surface area contributed by atoms with Crippen molar-refractivity contribution in [1.82, 2.24) is 4.67 Å². The molecule has 0 aromatic heterocycles. The molecule has 1 atom stereocenters. The lowest BCUT2D eigenvalue weighted by Gasteiger charge is -2.35. The highest BCUT2D eigenvalue weighted by atomic mass is 31.2. The molecule has 0 aliphatic heterocycles. The number of nitriles is 1. The minimum atomic E-state index is -1.89. The lowest BCUT2D eigenvalue weighted by atomic mass is 10.3. The fourth-order valence-corrected chi connectivity index (χ4v) is 4.84. The van der Waals surface area contributed by atoms with Crippen molar-refractivity contribution in [2.75, 3.05) is 32.7 Å². The Hall–Kier alpha value is 0.0300. The highest BCUT2D eigenvalue weighted by Crippen LogP contribution is 2.46. The summed E-state index contributed by atoms with van der Waals surface area (Å²) in [6.07, 6.45) is 4.15. The number of unbranched alkanes of at least 4 members (excludes halogenated alkanes) is 2. The van der Waals surface area contributed by atoms with Crippen LogP contribution in [0.3, 0.4) is 0 Å². The first-order chi connectivity index (χ1) is 10.7. The second-order valence-corrected chi connectivity index (χ2v) is 11.8. The zero-order chi connectivity index (χ0) is 17.9. The Labute approximate surface area is 144 Å². The number of hydrogen-bond donors (Lipinski definition) is 0. The van der Waals surface area contributed by atoms with Crippen LogP contribution in [0, 0.1) is 11.3 Å². The van der Waals surface area contributed by atoms with Gasteiger partial charge in [0.15, 0.2) is 0 Å². The maximum atomic E-state index is 11.7. The Bertz CT molecular complexity index is 383. The van der Waals surface area contributed by atoms with Crippen molar-refractivity contribution < 1.29 is 13.6 Å². The van der Waals surface area contributed by atoms with Crippen molar-refractivity contribution >= 4 is 15.7 Å². The molecule has 0 aliphatic rings. The molecule has 0 bridgehead atoms. The third-order valence-corrected chi connectivity index (χ3v) is 6.71. The van der Waals surface area contributed by atoms with E-state index in [1.807, 2.05) is 13.3 Å². The highest BCUT2D eigenvalue weighted by molar-refractivity contribution is 7.62. The van der Waals surface area contributed by atoms with Crippen LogP contribution >= 0.6 is 15.7 Å². The van der Waals surface area contributed by atoms with Gasteiger partial charge in [-0.2, -0.15) is 5.26 Å². The molecule has 0 heterocycles. The Balaban J connectivity index is 4.30. The van der Waals surface area contributed by atoms with Gasteiger partial charge in [-0.05, 0) is 53.9 Å². The van der Waals surface area contributed by atoms with Crippen LogP contribution in [0.2, 0.25) is 0 Å². The van der Waals surface area contributed by atoms with Crippen molar-refractivity contribution in [3.63, 3.8) is 0 Å². The molecular weight excluding hydrogens is 330 g/mol. The fourth-order valence-electron chi connectivity index (χ4n) is 2.23. The van der Waals surface area contributed by atoms with Crippen molar-refractivity contribution in [2.24, 2.45) is 0 Å². The number of nitrogens with zero attached hydrogens (tertiary/aromatic N) is 2. The normalized spacial score (nSPS) is 13.7. The lowest BCUT2D eigenvalue weighted by molar-refractivity contribution is 0.174. The van der Waals surface area contributed by atoms with E-state index in [0.29, 0.717) is 31.7 Å². The first-order valence-electron chi connectivity index (χ1n) is 8.44. The van der Waals surface area contributed by atoms with E-state index in [-0.39, 0.29) is 0 Å². The van der Waals surface area contributed by atoms with Gasteiger partial charge in [-0.15, -0.1) is 0 Å². The van der Waals surface area contributed by atoms with Gasteiger partial charge in [0.1, 0.15) is 0 Å². The van der Waals surface area contributed by atoms with E-state index < -0.39 is 15.7 Å². The van der Waals surface area contributed by atoms with Gasteiger partial charge in [-0.3, -0.25) is 0 Å².